The van der Waals surface area contributed by atoms with Gasteiger partial charge in [0.25, 0.3) is 0 Å². The zero-order chi connectivity index (χ0) is 13.4. The van der Waals surface area contributed by atoms with E-state index >= 15 is 0 Å². The number of fused-ring (bicyclic) bond motifs is 1. The van der Waals surface area contributed by atoms with Gasteiger partial charge in [-0.3, -0.25) is 5.10 Å². The van der Waals surface area contributed by atoms with E-state index < -0.39 is 0 Å². The van der Waals surface area contributed by atoms with Gasteiger partial charge in [0, 0.05) is 18.4 Å². The Morgan fingerprint density at radius 2 is 2.20 bits per heavy atom. The van der Waals surface area contributed by atoms with Crippen LogP contribution in [-0.4, -0.2) is 31.2 Å². The second-order valence-corrected chi connectivity index (χ2v) is 5.02. The molecule has 0 spiro atoms. The second kappa shape index (κ2) is 4.52. The fourth-order valence-corrected chi connectivity index (χ4v) is 2.30. The predicted molar refractivity (Wildman–Crippen MR) is 77.0 cm³/mol. The minimum Gasteiger partial charge on any atom is -0.367 e. The van der Waals surface area contributed by atoms with Crippen LogP contribution >= 0.6 is 0 Å². The van der Waals surface area contributed by atoms with Gasteiger partial charge in [-0.1, -0.05) is 0 Å². The van der Waals surface area contributed by atoms with Crippen molar-refractivity contribution in [1.82, 2.24) is 25.1 Å². The largest absolute Gasteiger partial charge is 0.367 e. The van der Waals surface area contributed by atoms with Crippen LogP contribution in [0.3, 0.4) is 0 Å². The Balaban J connectivity index is 1.69. The molecule has 4 N–H and O–H groups in total. The van der Waals surface area contributed by atoms with Crippen molar-refractivity contribution in [3.8, 4) is 0 Å². The molecule has 3 aromatic rings. The Hall–Kier alpha value is -2.57. The third-order valence-corrected chi connectivity index (χ3v) is 3.62. The van der Waals surface area contributed by atoms with Gasteiger partial charge < -0.3 is 15.6 Å². The average Bonchev–Trinajstić information content (AvgIpc) is 3.04. The summed E-state index contributed by atoms with van der Waals surface area (Å²) in [6, 6.07) is 2.53. The Labute approximate surface area is 115 Å². The van der Waals surface area contributed by atoms with Crippen LogP contribution in [0.2, 0.25) is 0 Å². The van der Waals surface area contributed by atoms with Crippen molar-refractivity contribution in [3.63, 3.8) is 0 Å². The Bertz CT molecular complexity index is 711. The van der Waals surface area contributed by atoms with E-state index in [4.69, 9.17) is 0 Å². The zero-order valence-corrected chi connectivity index (χ0v) is 10.8. The van der Waals surface area contributed by atoms with Crippen molar-refractivity contribution in [3.05, 3.63) is 24.7 Å². The monoisotopic (exact) mass is 269 g/mol. The van der Waals surface area contributed by atoms with Crippen molar-refractivity contribution in [2.75, 3.05) is 10.6 Å². The summed E-state index contributed by atoms with van der Waals surface area (Å²) < 4.78 is 0. The quantitative estimate of drug-likeness (QED) is 0.583. The number of hydrogen-bond acceptors (Lipinski definition) is 5. The molecule has 0 unspecified atom stereocenters. The molecule has 1 aliphatic rings. The summed E-state index contributed by atoms with van der Waals surface area (Å²) in [7, 11) is 0. The smallest absolute Gasteiger partial charge is 0.231 e. The van der Waals surface area contributed by atoms with Gasteiger partial charge >= 0.3 is 0 Å². The molecule has 0 amide bonds. The van der Waals surface area contributed by atoms with Crippen molar-refractivity contribution >= 4 is 28.5 Å². The van der Waals surface area contributed by atoms with E-state index in [2.05, 4.69) is 35.8 Å². The molecular weight excluding hydrogens is 254 g/mol. The summed E-state index contributed by atoms with van der Waals surface area (Å²) >= 11 is 0. The van der Waals surface area contributed by atoms with E-state index in [-0.39, 0.29) is 0 Å². The Morgan fingerprint density at radius 3 is 2.95 bits per heavy atom. The first kappa shape index (κ1) is 11.3. The van der Waals surface area contributed by atoms with Crippen LogP contribution in [0.25, 0.3) is 11.0 Å². The number of nitrogens with one attached hydrogen (secondary N) is 4. The highest BCUT2D eigenvalue weighted by atomic mass is 15.2. The van der Waals surface area contributed by atoms with Crippen LogP contribution in [0.1, 0.15) is 19.3 Å². The molecule has 1 aliphatic carbocycles. The highest BCUT2D eigenvalue weighted by molar-refractivity contribution is 5.88. The summed E-state index contributed by atoms with van der Waals surface area (Å²) in [6.45, 7) is 0. The van der Waals surface area contributed by atoms with Crippen molar-refractivity contribution in [2.24, 2.45) is 0 Å². The Morgan fingerprint density at radius 1 is 1.25 bits per heavy atom. The van der Waals surface area contributed by atoms with E-state index in [1.165, 1.54) is 19.3 Å². The molecule has 4 rings (SSSR count). The third-order valence-electron chi connectivity index (χ3n) is 3.62. The van der Waals surface area contributed by atoms with Gasteiger partial charge in [0.2, 0.25) is 5.95 Å². The third kappa shape index (κ3) is 1.97. The number of aromatic nitrogens is 5. The molecule has 102 valence electrons. The van der Waals surface area contributed by atoms with E-state index in [1.807, 2.05) is 12.3 Å². The first-order chi connectivity index (χ1) is 9.88. The maximum absolute atomic E-state index is 4.57. The zero-order valence-electron chi connectivity index (χ0n) is 10.8. The number of aromatic amines is 2. The van der Waals surface area contributed by atoms with Gasteiger partial charge in [-0.2, -0.15) is 15.1 Å². The molecule has 0 aromatic carbocycles. The molecule has 20 heavy (non-hydrogen) atoms. The highest BCUT2D eigenvalue weighted by Crippen LogP contribution is 2.27. The van der Waals surface area contributed by atoms with Gasteiger partial charge in [0.05, 0.1) is 17.3 Å². The van der Waals surface area contributed by atoms with E-state index in [9.17, 15) is 0 Å². The lowest BCUT2D eigenvalue weighted by molar-refractivity contribution is 0.445. The molecule has 0 saturated heterocycles. The summed E-state index contributed by atoms with van der Waals surface area (Å²) in [6.07, 6.45) is 9.05. The normalized spacial score (nSPS) is 15.2. The molecule has 0 aliphatic heterocycles. The first-order valence-electron chi connectivity index (χ1n) is 6.76. The molecule has 3 heterocycles. The van der Waals surface area contributed by atoms with Crippen molar-refractivity contribution in [2.45, 2.75) is 25.3 Å². The lowest BCUT2D eigenvalue weighted by Gasteiger charge is -2.27. The van der Waals surface area contributed by atoms with Gasteiger partial charge in [-0.25, -0.2) is 0 Å². The SMILES string of the molecule is c1cc2c(NC3CCC3)nc(Nc3cn[nH]c3)nc2[nH]1. The minimum atomic E-state index is 0.532. The van der Waals surface area contributed by atoms with Crippen LogP contribution in [0, 0.1) is 0 Å². The fourth-order valence-electron chi connectivity index (χ4n) is 2.30. The van der Waals surface area contributed by atoms with E-state index in [1.54, 1.807) is 12.4 Å². The standard InChI is InChI=1S/C13H15N7/c1-2-8(3-1)17-12-10-4-5-14-11(10)19-13(20-12)18-9-6-15-16-7-9/h4-8H,1-3H2,(H,15,16)(H3,14,17,18,19,20). The molecule has 0 radical (unpaired) electrons. The summed E-state index contributed by atoms with van der Waals surface area (Å²) in [4.78, 5) is 12.2. The molecular formula is C13H15N7. The van der Waals surface area contributed by atoms with Gasteiger partial charge in [-0.05, 0) is 25.3 Å². The van der Waals surface area contributed by atoms with Crippen LogP contribution < -0.4 is 10.6 Å². The lowest BCUT2D eigenvalue weighted by atomic mass is 9.93. The summed E-state index contributed by atoms with van der Waals surface area (Å²) in [5.74, 6) is 1.44. The van der Waals surface area contributed by atoms with Gasteiger partial charge in [-0.15, -0.1) is 0 Å². The van der Waals surface area contributed by atoms with Gasteiger partial charge in [0.1, 0.15) is 11.5 Å². The molecule has 3 aromatic heterocycles. The first-order valence-corrected chi connectivity index (χ1v) is 6.76. The van der Waals surface area contributed by atoms with E-state index in [0.717, 1.165) is 22.5 Å². The molecule has 7 nitrogen and oxygen atoms in total. The van der Waals surface area contributed by atoms with Crippen molar-refractivity contribution in [1.29, 1.82) is 0 Å². The van der Waals surface area contributed by atoms with Crippen LogP contribution in [0.4, 0.5) is 17.5 Å². The predicted octanol–water partition coefficient (Wildman–Crippen LogP) is 2.39. The number of nitrogens with zero attached hydrogens (tertiary/aromatic N) is 3. The number of hydrogen-bond donors (Lipinski definition) is 4. The summed E-state index contributed by atoms with van der Waals surface area (Å²) in [5, 5.41) is 14.3. The van der Waals surface area contributed by atoms with Crippen molar-refractivity contribution < 1.29 is 0 Å². The lowest BCUT2D eigenvalue weighted by Crippen LogP contribution is -2.27. The minimum absolute atomic E-state index is 0.532. The number of rotatable bonds is 4. The average molecular weight is 269 g/mol. The summed E-state index contributed by atoms with van der Waals surface area (Å²) in [5.41, 5.74) is 1.67. The van der Waals surface area contributed by atoms with E-state index in [0.29, 0.717) is 12.0 Å². The molecule has 7 heteroatoms. The maximum atomic E-state index is 4.57. The molecule has 0 bridgehead atoms. The molecule has 1 saturated carbocycles. The van der Waals surface area contributed by atoms with Crippen LogP contribution in [0.5, 0.6) is 0 Å². The van der Waals surface area contributed by atoms with Crippen LogP contribution in [0.15, 0.2) is 24.7 Å². The van der Waals surface area contributed by atoms with Gasteiger partial charge in [0.15, 0.2) is 0 Å². The number of anilines is 3. The second-order valence-electron chi connectivity index (χ2n) is 5.02. The highest BCUT2D eigenvalue weighted by Gasteiger charge is 2.19. The molecule has 1 fully saturated rings. The van der Waals surface area contributed by atoms with Crippen LogP contribution in [-0.2, 0) is 0 Å². The Kier molecular flexibility index (Phi) is 2.55. The number of H-pyrrole nitrogens is 2. The maximum Gasteiger partial charge on any atom is 0.231 e. The topological polar surface area (TPSA) is 94.3 Å². The fraction of sp³-hybridized carbons (Fsp3) is 0.308. The molecule has 0 atom stereocenters.